The second-order valence-electron chi connectivity index (χ2n) is 4.80. The zero-order chi connectivity index (χ0) is 13.9. The number of benzene rings is 2. The van der Waals surface area contributed by atoms with E-state index in [1.165, 1.54) is 5.56 Å². The fourth-order valence-electron chi connectivity index (χ4n) is 2.35. The Balaban J connectivity index is 1.92. The first-order valence-electron chi connectivity index (χ1n) is 6.48. The summed E-state index contributed by atoms with van der Waals surface area (Å²) in [6.07, 6.45) is 2.03. The highest BCUT2D eigenvalue weighted by Crippen LogP contribution is 2.19. The van der Waals surface area contributed by atoms with Gasteiger partial charge in [0.1, 0.15) is 0 Å². The molecular formula is C17H14N2O. The SMILES string of the molecule is N#Cc1ccc2c(ccn2Cc2ccc(CO)cc2)c1. The molecule has 3 heteroatoms. The van der Waals surface area contributed by atoms with Gasteiger partial charge in [0.05, 0.1) is 18.2 Å². The van der Waals surface area contributed by atoms with E-state index in [0.29, 0.717) is 5.56 Å². The van der Waals surface area contributed by atoms with Crippen molar-refractivity contribution in [1.29, 1.82) is 5.26 Å². The molecule has 0 fully saturated rings. The highest BCUT2D eigenvalue weighted by Gasteiger charge is 2.03. The van der Waals surface area contributed by atoms with Crippen LogP contribution < -0.4 is 0 Å². The van der Waals surface area contributed by atoms with E-state index in [1.807, 2.05) is 54.7 Å². The van der Waals surface area contributed by atoms with Gasteiger partial charge in [-0.25, -0.2) is 0 Å². The molecule has 98 valence electrons. The number of hydrogen-bond donors (Lipinski definition) is 1. The summed E-state index contributed by atoms with van der Waals surface area (Å²) in [4.78, 5) is 0. The second-order valence-corrected chi connectivity index (χ2v) is 4.80. The molecular weight excluding hydrogens is 248 g/mol. The number of aromatic nitrogens is 1. The molecule has 2 aromatic carbocycles. The second kappa shape index (κ2) is 5.20. The summed E-state index contributed by atoms with van der Waals surface area (Å²) in [7, 11) is 0. The Labute approximate surface area is 117 Å². The van der Waals surface area contributed by atoms with Crippen LogP contribution in [0.5, 0.6) is 0 Å². The van der Waals surface area contributed by atoms with E-state index in [9.17, 15) is 0 Å². The number of aliphatic hydroxyl groups excluding tert-OH is 1. The first-order valence-corrected chi connectivity index (χ1v) is 6.48. The van der Waals surface area contributed by atoms with Gasteiger partial charge in [0.2, 0.25) is 0 Å². The topological polar surface area (TPSA) is 49.0 Å². The van der Waals surface area contributed by atoms with Crippen LogP contribution in [0.25, 0.3) is 10.9 Å². The zero-order valence-corrected chi connectivity index (χ0v) is 11.0. The molecule has 0 aliphatic carbocycles. The van der Waals surface area contributed by atoms with Gasteiger partial charge in [0, 0.05) is 23.6 Å². The lowest BCUT2D eigenvalue weighted by molar-refractivity contribution is 0.282. The zero-order valence-electron chi connectivity index (χ0n) is 11.0. The van der Waals surface area contributed by atoms with Crippen molar-refractivity contribution >= 4 is 10.9 Å². The fourth-order valence-corrected chi connectivity index (χ4v) is 2.35. The Morgan fingerprint density at radius 3 is 2.45 bits per heavy atom. The summed E-state index contributed by atoms with van der Waals surface area (Å²) in [5.74, 6) is 0. The van der Waals surface area contributed by atoms with Gasteiger partial charge in [-0.2, -0.15) is 5.26 Å². The van der Waals surface area contributed by atoms with Crippen molar-refractivity contribution < 1.29 is 5.11 Å². The lowest BCUT2D eigenvalue weighted by Gasteiger charge is -2.06. The van der Waals surface area contributed by atoms with Crippen LogP contribution in [0.4, 0.5) is 0 Å². The summed E-state index contributed by atoms with van der Waals surface area (Å²) < 4.78 is 2.16. The monoisotopic (exact) mass is 262 g/mol. The molecule has 0 unspecified atom stereocenters. The van der Waals surface area contributed by atoms with Crippen LogP contribution in [-0.4, -0.2) is 9.67 Å². The molecule has 20 heavy (non-hydrogen) atoms. The van der Waals surface area contributed by atoms with E-state index < -0.39 is 0 Å². The average molecular weight is 262 g/mol. The van der Waals surface area contributed by atoms with Crippen LogP contribution in [-0.2, 0) is 13.2 Å². The molecule has 0 saturated carbocycles. The fraction of sp³-hybridized carbons (Fsp3) is 0.118. The Kier molecular flexibility index (Phi) is 3.24. The summed E-state index contributed by atoms with van der Waals surface area (Å²) >= 11 is 0. The van der Waals surface area contributed by atoms with Crippen molar-refractivity contribution in [3.63, 3.8) is 0 Å². The summed E-state index contributed by atoms with van der Waals surface area (Å²) in [5, 5.41) is 19.0. The standard InChI is InChI=1S/C17H14N2O/c18-10-15-5-6-17-16(9-15)7-8-19(17)11-13-1-3-14(12-20)4-2-13/h1-9,20H,11-12H2. The van der Waals surface area contributed by atoms with Crippen LogP contribution in [0.3, 0.4) is 0 Å². The normalized spacial score (nSPS) is 10.6. The quantitative estimate of drug-likeness (QED) is 0.788. The smallest absolute Gasteiger partial charge is 0.0991 e. The van der Waals surface area contributed by atoms with Gasteiger partial charge in [0.15, 0.2) is 0 Å². The van der Waals surface area contributed by atoms with Gasteiger partial charge >= 0.3 is 0 Å². The van der Waals surface area contributed by atoms with E-state index in [4.69, 9.17) is 10.4 Å². The van der Waals surface area contributed by atoms with Gasteiger partial charge in [-0.15, -0.1) is 0 Å². The van der Waals surface area contributed by atoms with Crippen molar-refractivity contribution in [2.75, 3.05) is 0 Å². The molecule has 0 aliphatic heterocycles. The molecule has 1 heterocycles. The molecule has 3 nitrogen and oxygen atoms in total. The molecule has 1 N–H and O–H groups in total. The number of aliphatic hydroxyl groups is 1. The van der Waals surface area contributed by atoms with Gasteiger partial charge in [-0.05, 0) is 35.4 Å². The van der Waals surface area contributed by atoms with Crippen molar-refractivity contribution in [3.8, 4) is 6.07 Å². The minimum atomic E-state index is 0.0731. The van der Waals surface area contributed by atoms with Crippen LogP contribution in [0.15, 0.2) is 54.7 Å². The van der Waals surface area contributed by atoms with Gasteiger partial charge in [0.25, 0.3) is 0 Å². The van der Waals surface area contributed by atoms with Gasteiger partial charge in [-0.1, -0.05) is 24.3 Å². The van der Waals surface area contributed by atoms with E-state index in [0.717, 1.165) is 23.0 Å². The molecule has 0 bridgehead atoms. The Morgan fingerprint density at radius 2 is 1.75 bits per heavy atom. The van der Waals surface area contributed by atoms with Crippen molar-refractivity contribution in [1.82, 2.24) is 4.57 Å². The molecule has 3 rings (SSSR count). The van der Waals surface area contributed by atoms with E-state index >= 15 is 0 Å². The Morgan fingerprint density at radius 1 is 1.00 bits per heavy atom. The highest BCUT2D eigenvalue weighted by atomic mass is 16.3. The third kappa shape index (κ3) is 2.29. The van der Waals surface area contributed by atoms with Crippen molar-refractivity contribution in [3.05, 3.63) is 71.4 Å². The highest BCUT2D eigenvalue weighted by molar-refractivity contribution is 5.81. The van der Waals surface area contributed by atoms with Gasteiger partial charge < -0.3 is 9.67 Å². The predicted molar refractivity (Wildman–Crippen MR) is 78.1 cm³/mol. The molecule has 0 aliphatic rings. The molecule has 0 amide bonds. The number of rotatable bonds is 3. The number of nitriles is 1. The number of nitrogens with zero attached hydrogens (tertiary/aromatic N) is 2. The van der Waals surface area contributed by atoms with Crippen molar-refractivity contribution in [2.24, 2.45) is 0 Å². The number of fused-ring (bicyclic) bond motifs is 1. The van der Waals surface area contributed by atoms with Crippen LogP contribution in [0.2, 0.25) is 0 Å². The molecule has 0 spiro atoms. The minimum Gasteiger partial charge on any atom is -0.392 e. The lowest BCUT2D eigenvalue weighted by Crippen LogP contribution is -1.98. The van der Waals surface area contributed by atoms with Crippen LogP contribution >= 0.6 is 0 Å². The molecule has 0 saturated heterocycles. The Hall–Kier alpha value is -2.57. The maximum absolute atomic E-state index is 9.04. The van der Waals surface area contributed by atoms with E-state index in [1.54, 1.807) is 0 Å². The predicted octanol–water partition coefficient (Wildman–Crippen LogP) is 3.05. The first kappa shape index (κ1) is 12.5. The minimum absolute atomic E-state index is 0.0731. The van der Waals surface area contributed by atoms with Crippen LogP contribution in [0.1, 0.15) is 16.7 Å². The molecule has 1 aromatic heterocycles. The average Bonchev–Trinajstić information content (AvgIpc) is 2.90. The molecule has 3 aromatic rings. The molecule has 0 radical (unpaired) electrons. The first-order chi connectivity index (χ1) is 9.80. The van der Waals surface area contributed by atoms with Crippen molar-refractivity contribution in [2.45, 2.75) is 13.2 Å². The largest absolute Gasteiger partial charge is 0.392 e. The van der Waals surface area contributed by atoms with E-state index in [-0.39, 0.29) is 6.61 Å². The van der Waals surface area contributed by atoms with Crippen LogP contribution in [0, 0.1) is 11.3 Å². The summed E-state index contributed by atoms with van der Waals surface area (Å²) in [6, 6.07) is 17.8. The molecule has 0 atom stereocenters. The third-order valence-corrected chi connectivity index (χ3v) is 3.46. The van der Waals surface area contributed by atoms with Gasteiger partial charge in [-0.3, -0.25) is 0 Å². The van der Waals surface area contributed by atoms with E-state index in [2.05, 4.69) is 10.6 Å². The Bertz CT molecular complexity index is 779. The lowest BCUT2D eigenvalue weighted by atomic mass is 10.1. The maximum atomic E-state index is 9.04. The number of hydrogen-bond acceptors (Lipinski definition) is 2. The summed E-state index contributed by atoms with van der Waals surface area (Å²) in [5.41, 5.74) is 3.91. The summed E-state index contributed by atoms with van der Waals surface area (Å²) in [6.45, 7) is 0.852. The third-order valence-electron chi connectivity index (χ3n) is 3.46. The maximum Gasteiger partial charge on any atom is 0.0991 e.